The highest BCUT2D eigenvalue weighted by atomic mass is 16.1. The lowest BCUT2D eigenvalue weighted by Gasteiger charge is -2.08. The molecule has 0 aliphatic heterocycles. The first-order valence-corrected chi connectivity index (χ1v) is 4.35. The van der Waals surface area contributed by atoms with Crippen LogP contribution in [0.2, 0.25) is 0 Å². The monoisotopic (exact) mass is 194 g/mol. The van der Waals surface area contributed by atoms with Crippen LogP contribution < -0.4 is 16.8 Å². The maximum atomic E-state index is 10.8. The average Bonchev–Trinajstić information content (AvgIpc) is 2.15. The Morgan fingerprint density at radius 2 is 2.43 bits per heavy atom. The molecule has 5 heteroatoms. The lowest BCUT2D eigenvalue weighted by atomic mass is 10.2. The van der Waals surface area contributed by atoms with Gasteiger partial charge in [0.2, 0.25) is 5.91 Å². The Kier molecular flexibility index (Phi) is 3.41. The molecule has 1 aromatic heterocycles. The van der Waals surface area contributed by atoms with E-state index in [0.29, 0.717) is 17.9 Å². The van der Waals surface area contributed by atoms with Gasteiger partial charge in [0.05, 0.1) is 0 Å². The standard InChI is InChI=1S/C9H14N4O/c1-6(10)5-13-8-4-7(9(11)14)2-3-12-8/h2-4,6H,5,10H2,1H3,(H2,11,14)(H,12,13). The van der Waals surface area contributed by atoms with Crippen LogP contribution in [0.25, 0.3) is 0 Å². The Balaban J connectivity index is 2.69. The first kappa shape index (κ1) is 10.5. The summed E-state index contributed by atoms with van der Waals surface area (Å²) in [6.45, 7) is 2.49. The van der Waals surface area contributed by atoms with E-state index in [1.807, 2.05) is 6.92 Å². The molecule has 0 saturated carbocycles. The molecule has 1 unspecified atom stereocenters. The van der Waals surface area contributed by atoms with E-state index in [4.69, 9.17) is 11.5 Å². The van der Waals surface area contributed by atoms with Crippen LogP contribution in [0, 0.1) is 0 Å². The lowest BCUT2D eigenvalue weighted by Crippen LogP contribution is -2.25. The topological polar surface area (TPSA) is 94.0 Å². The van der Waals surface area contributed by atoms with Crippen LogP contribution in [0.1, 0.15) is 17.3 Å². The number of carbonyl (C=O) groups excluding carboxylic acids is 1. The van der Waals surface area contributed by atoms with Crippen molar-refractivity contribution in [3.05, 3.63) is 23.9 Å². The molecule has 1 atom stereocenters. The molecule has 1 rings (SSSR count). The first-order chi connectivity index (χ1) is 6.59. The molecule has 0 fully saturated rings. The minimum Gasteiger partial charge on any atom is -0.369 e. The molecule has 0 aromatic carbocycles. The van der Waals surface area contributed by atoms with Crippen LogP contribution in [-0.2, 0) is 0 Å². The summed E-state index contributed by atoms with van der Waals surface area (Å²) in [4.78, 5) is 14.9. The molecule has 0 radical (unpaired) electrons. The van der Waals surface area contributed by atoms with Gasteiger partial charge in [0.25, 0.3) is 0 Å². The summed E-state index contributed by atoms with van der Waals surface area (Å²) < 4.78 is 0. The Labute approximate surface area is 82.5 Å². The molecule has 0 aliphatic carbocycles. The molecule has 5 nitrogen and oxygen atoms in total. The van der Waals surface area contributed by atoms with Crippen molar-refractivity contribution >= 4 is 11.7 Å². The number of carbonyl (C=O) groups is 1. The van der Waals surface area contributed by atoms with Crippen molar-refractivity contribution in [2.45, 2.75) is 13.0 Å². The molecule has 1 amide bonds. The van der Waals surface area contributed by atoms with Gasteiger partial charge in [-0.1, -0.05) is 0 Å². The predicted octanol–water partition coefficient (Wildman–Crippen LogP) is -0.0604. The van der Waals surface area contributed by atoms with Gasteiger partial charge in [-0.05, 0) is 19.1 Å². The Morgan fingerprint density at radius 1 is 1.71 bits per heavy atom. The smallest absolute Gasteiger partial charge is 0.248 e. The number of nitrogens with one attached hydrogen (secondary N) is 1. The van der Waals surface area contributed by atoms with Gasteiger partial charge >= 0.3 is 0 Å². The lowest BCUT2D eigenvalue weighted by molar-refractivity contribution is 0.1000. The first-order valence-electron chi connectivity index (χ1n) is 4.35. The summed E-state index contributed by atoms with van der Waals surface area (Å²) in [5.41, 5.74) is 11.1. The molecule has 1 aromatic rings. The fraction of sp³-hybridized carbons (Fsp3) is 0.333. The number of nitrogens with zero attached hydrogens (tertiary/aromatic N) is 1. The van der Waals surface area contributed by atoms with E-state index in [1.165, 1.54) is 6.20 Å². The molecule has 76 valence electrons. The van der Waals surface area contributed by atoms with Crippen molar-refractivity contribution in [3.8, 4) is 0 Å². The zero-order valence-corrected chi connectivity index (χ0v) is 8.03. The van der Waals surface area contributed by atoms with E-state index in [1.54, 1.807) is 12.1 Å². The van der Waals surface area contributed by atoms with Gasteiger partial charge in [0.1, 0.15) is 5.82 Å². The fourth-order valence-electron chi connectivity index (χ4n) is 0.946. The largest absolute Gasteiger partial charge is 0.369 e. The summed E-state index contributed by atoms with van der Waals surface area (Å²) >= 11 is 0. The number of amides is 1. The number of hydrogen-bond donors (Lipinski definition) is 3. The van der Waals surface area contributed by atoms with Crippen LogP contribution in [-0.4, -0.2) is 23.5 Å². The molecule has 0 bridgehead atoms. The van der Waals surface area contributed by atoms with E-state index in [2.05, 4.69) is 10.3 Å². The quantitative estimate of drug-likeness (QED) is 0.625. The van der Waals surface area contributed by atoms with E-state index in [-0.39, 0.29) is 6.04 Å². The summed E-state index contributed by atoms with van der Waals surface area (Å²) in [5, 5.41) is 3.00. The highest BCUT2D eigenvalue weighted by Gasteiger charge is 2.02. The van der Waals surface area contributed by atoms with Gasteiger partial charge in [0, 0.05) is 24.3 Å². The van der Waals surface area contributed by atoms with Crippen LogP contribution >= 0.6 is 0 Å². The van der Waals surface area contributed by atoms with Gasteiger partial charge in [0.15, 0.2) is 0 Å². The van der Waals surface area contributed by atoms with Crippen molar-refractivity contribution in [2.24, 2.45) is 11.5 Å². The zero-order chi connectivity index (χ0) is 10.6. The van der Waals surface area contributed by atoms with Gasteiger partial charge in [-0.3, -0.25) is 4.79 Å². The molecular formula is C9H14N4O. The molecule has 0 aliphatic rings. The van der Waals surface area contributed by atoms with Crippen molar-refractivity contribution in [1.82, 2.24) is 4.98 Å². The third-order valence-corrected chi connectivity index (χ3v) is 1.65. The fourth-order valence-corrected chi connectivity index (χ4v) is 0.946. The number of anilines is 1. The maximum Gasteiger partial charge on any atom is 0.248 e. The van der Waals surface area contributed by atoms with E-state index in [9.17, 15) is 4.79 Å². The third kappa shape index (κ3) is 3.02. The van der Waals surface area contributed by atoms with Crippen molar-refractivity contribution < 1.29 is 4.79 Å². The molecule has 0 saturated heterocycles. The number of pyridine rings is 1. The summed E-state index contributed by atoms with van der Waals surface area (Å²) in [6, 6.07) is 3.21. The summed E-state index contributed by atoms with van der Waals surface area (Å²) in [5.74, 6) is 0.148. The van der Waals surface area contributed by atoms with E-state index in [0.717, 1.165) is 0 Å². The second kappa shape index (κ2) is 4.57. The van der Waals surface area contributed by atoms with Gasteiger partial charge in [-0.15, -0.1) is 0 Å². The zero-order valence-electron chi connectivity index (χ0n) is 8.03. The number of primary amides is 1. The average molecular weight is 194 g/mol. The Bertz CT molecular complexity index is 324. The normalized spacial score (nSPS) is 12.1. The second-order valence-electron chi connectivity index (χ2n) is 3.15. The number of aromatic nitrogens is 1. The summed E-state index contributed by atoms with van der Waals surface area (Å²) in [7, 11) is 0. The van der Waals surface area contributed by atoms with Crippen LogP contribution in [0.3, 0.4) is 0 Å². The van der Waals surface area contributed by atoms with E-state index < -0.39 is 5.91 Å². The summed E-state index contributed by atoms with van der Waals surface area (Å²) in [6.07, 6.45) is 1.53. The second-order valence-corrected chi connectivity index (χ2v) is 3.15. The number of hydrogen-bond acceptors (Lipinski definition) is 4. The number of nitrogens with two attached hydrogens (primary N) is 2. The SMILES string of the molecule is CC(N)CNc1cc(C(N)=O)ccn1. The molecule has 0 spiro atoms. The van der Waals surface area contributed by atoms with Gasteiger partial charge < -0.3 is 16.8 Å². The maximum absolute atomic E-state index is 10.8. The van der Waals surface area contributed by atoms with Gasteiger partial charge in [-0.25, -0.2) is 4.98 Å². The molecular weight excluding hydrogens is 180 g/mol. The Hall–Kier alpha value is -1.62. The molecule has 14 heavy (non-hydrogen) atoms. The van der Waals surface area contributed by atoms with Crippen LogP contribution in [0.15, 0.2) is 18.3 Å². The Morgan fingerprint density at radius 3 is 3.00 bits per heavy atom. The minimum atomic E-state index is -0.462. The minimum absolute atomic E-state index is 0.0361. The predicted molar refractivity (Wildman–Crippen MR) is 54.9 cm³/mol. The third-order valence-electron chi connectivity index (χ3n) is 1.65. The number of rotatable bonds is 4. The van der Waals surface area contributed by atoms with Crippen LogP contribution in [0.4, 0.5) is 5.82 Å². The van der Waals surface area contributed by atoms with Crippen molar-refractivity contribution in [2.75, 3.05) is 11.9 Å². The van der Waals surface area contributed by atoms with Crippen molar-refractivity contribution in [3.63, 3.8) is 0 Å². The molecule has 1 heterocycles. The van der Waals surface area contributed by atoms with E-state index >= 15 is 0 Å². The highest BCUT2D eigenvalue weighted by Crippen LogP contribution is 2.05. The van der Waals surface area contributed by atoms with Crippen LogP contribution in [0.5, 0.6) is 0 Å². The highest BCUT2D eigenvalue weighted by molar-refractivity contribution is 5.93. The molecule has 5 N–H and O–H groups in total. The van der Waals surface area contributed by atoms with Crippen molar-refractivity contribution in [1.29, 1.82) is 0 Å². The van der Waals surface area contributed by atoms with Gasteiger partial charge in [-0.2, -0.15) is 0 Å².